The van der Waals surface area contributed by atoms with E-state index in [2.05, 4.69) is 9.36 Å². The number of nitrogens with two attached hydrogens (primary N) is 1. The zero-order valence-electron chi connectivity index (χ0n) is 7.49. The molecule has 0 fully saturated rings. The molecule has 0 aliphatic rings. The Morgan fingerprint density at radius 3 is 2.79 bits per heavy atom. The first-order valence-electron chi connectivity index (χ1n) is 4.02. The monoisotopic (exact) mass is 225 g/mol. The highest BCUT2D eigenvalue weighted by Crippen LogP contribution is 2.26. The van der Waals surface area contributed by atoms with E-state index in [1.807, 2.05) is 25.1 Å². The summed E-state index contributed by atoms with van der Waals surface area (Å²) >= 11 is 7.20. The number of anilines is 1. The van der Waals surface area contributed by atoms with Crippen LogP contribution < -0.4 is 5.73 Å². The number of nitrogen functional groups attached to an aromatic ring is 1. The van der Waals surface area contributed by atoms with Gasteiger partial charge in [0.25, 0.3) is 0 Å². The van der Waals surface area contributed by atoms with Crippen LogP contribution in [-0.4, -0.2) is 9.36 Å². The van der Waals surface area contributed by atoms with Crippen molar-refractivity contribution in [3.63, 3.8) is 0 Å². The maximum Gasteiger partial charge on any atom is 0.232 e. The number of hydrogen-bond acceptors (Lipinski definition) is 4. The molecule has 0 amide bonds. The highest BCUT2D eigenvalue weighted by molar-refractivity contribution is 7.09. The molecule has 0 aliphatic carbocycles. The lowest BCUT2D eigenvalue weighted by atomic mass is 10.1. The number of aryl methyl sites for hydroxylation is 1. The van der Waals surface area contributed by atoms with Crippen LogP contribution in [0.2, 0.25) is 5.02 Å². The minimum absolute atomic E-state index is 0.317. The molecule has 0 spiro atoms. The molecule has 2 aromatic rings. The fourth-order valence-corrected chi connectivity index (χ4v) is 1.83. The molecule has 0 atom stereocenters. The number of hydrogen-bond donors (Lipinski definition) is 1. The van der Waals surface area contributed by atoms with E-state index in [0.717, 1.165) is 21.2 Å². The molecule has 3 nitrogen and oxygen atoms in total. The molecule has 1 aromatic heterocycles. The van der Waals surface area contributed by atoms with Gasteiger partial charge in [-0.2, -0.15) is 9.36 Å². The van der Waals surface area contributed by atoms with Gasteiger partial charge in [0.2, 0.25) is 5.95 Å². The summed E-state index contributed by atoms with van der Waals surface area (Å²) in [6, 6.07) is 5.74. The van der Waals surface area contributed by atoms with Gasteiger partial charge in [-0.1, -0.05) is 17.7 Å². The third-order valence-corrected chi connectivity index (χ3v) is 3.05. The number of aromatic nitrogens is 2. The van der Waals surface area contributed by atoms with E-state index < -0.39 is 0 Å². The van der Waals surface area contributed by atoms with Gasteiger partial charge in [-0.15, -0.1) is 0 Å². The van der Waals surface area contributed by atoms with Crippen LogP contribution in [0.15, 0.2) is 18.2 Å². The summed E-state index contributed by atoms with van der Waals surface area (Å²) in [4.78, 5) is 4.09. The Morgan fingerprint density at radius 2 is 2.21 bits per heavy atom. The molecule has 1 aromatic carbocycles. The van der Waals surface area contributed by atoms with Crippen molar-refractivity contribution in [3.8, 4) is 10.6 Å². The second-order valence-corrected chi connectivity index (χ2v) is 4.08. The molecular weight excluding hydrogens is 218 g/mol. The van der Waals surface area contributed by atoms with Gasteiger partial charge >= 0.3 is 0 Å². The van der Waals surface area contributed by atoms with Crippen molar-refractivity contribution in [2.24, 2.45) is 0 Å². The van der Waals surface area contributed by atoms with Crippen LogP contribution in [0.5, 0.6) is 0 Å². The topological polar surface area (TPSA) is 51.8 Å². The number of halogens is 1. The summed E-state index contributed by atoms with van der Waals surface area (Å²) < 4.78 is 3.92. The van der Waals surface area contributed by atoms with Gasteiger partial charge in [0.15, 0.2) is 0 Å². The van der Waals surface area contributed by atoms with Crippen LogP contribution in [0.25, 0.3) is 10.6 Å². The van der Waals surface area contributed by atoms with Gasteiger partial charge in [0, 0.05) is 10.6 Å². The van der Waals surface area contributed by atoms with Gasteiger partial charge in [-0.3, -0.25) is 0 Å². The molecule has 2 N–H and O–H groups in total. The van der Waals surface area contributed by atoms with Crippen LogP contribution in [-0.2, 0) is 0 Å². The Balaban J connectivity index is 2.47. The van der Waals surface area contributed by atoms with Gasteiger partial charge < -0.3 is 5.73 Å². The molecule has 0 saturated carbocycles. The van der Waals surface area contributed by atoms with E-state index in [4.69, 9.17) is 17.3 Å². The molecule has 0 aliphatic heterocycles. The van der Waals surface area contributed by atoms with Gasteiger partial charge in [0.1, 0.15) is 5.01 Å². The van der Waals surface area contributed by atoms with Gasteiger partial charge in [-0.25, -0.2) is 0 Å². The van der Waals surface area contributed by atoms with Gasteiger partial charge in [-0.05, 0) is 36.2 Å². The fourth-order valence-electron chi connectivity index (χ4n) is 1.13. The Kier molecular flexibility index (Phi) is 2.39. The molecule has 2 rings (SSSR count). The minimum Gasteiger partial charge on any atom is -0.367 e. The number of rotatable bonds is 1. The maximum absolute atomic E-state index is 5.92. The van der Waals surface area contributed by atoms with Crippen molar-refractivity contribution in [2.45, 2.75) is 6.92 Å². The van der Waals surface area contributed by atoms with Crippen molar-refractivity contribution in [2.75, 3.05) is 5.73 Å². The summed E-state index contributed by atoms with van der Waals surface area (Å²) in [7, 11) is 0. The molecule has 5 heteroatoms. The first-order valence-corrected chi connectivity index (χ1v) is 5.17. The summed E-state index contributed by atoms with van der Waals surface area (Å²) in [5.74, 6) is 0.317. The zero-order valence-corrected chi connectivity index (χ0v) is 9.06. The summed E-state index contributed by atoms with van der Waals surface area (Å²) in [5, 5.41) is 1.58. The van der Waals surface area contributed by atoms with Crippen molar-refractivity contribution >= 4 is 29.1 Å². The normalized spacial score (nSPS) is 10.4. The van der Waals surface area contributed by atoms with Crippen LogP contribution in [0.1, 0.15) is 5.56 Å². The Morgan fingerprint density at radius 1 is 1.43 bits per heavy atom. The lowest BCUT2D eigenvalue weighted by Gasteiger charge is -1.99. The smallest absolute Gasteiger partial charge is 0.232 e. The average Bonchev–Trinajstić information content (AvgIpc) is 2.57. The van der Waals surface area contributed by atoms with E-state index in [9.17, 15) is 0 Å². The molecule has 0 radical (unpaired) electrons. The van der Waals surface area contributed by atoms with E-state index in [1.54, 1.807) is 0 Å². The van der Waals surface area contributed by atoms with Gasteiger partial charge in [0.05, 0.1) is 0 Å². The van der Waals surface area contributed by atoms with Crippen LogP contribution >= 0.6 is 23.1 Å². The highest BCUT2D eigenvalue weighted by Gasteiger charge is 2.05. The van der Waals surface area contributed by atoms with Crippen molar-refractivity contribution < 1.29 is 0 Å². The summed E-state index contributed by atoms with van der Waals surface area (Å²) in [6.45, 7) is 1.95. The SMILES string of the molecule is Cc1cc(-c2nc(N)ns2)ccc1Cl. The summed E-state index contributed by atoms with van der Waals surface area (Å²) in [5.41, 5.74) is 7.47. The highest BCUT2D eigenvalue weighted by atomic mass is 35.5. The predicted molar refractivity (Wildman–Crippen MR) is 59.5 cm³/mol. The second-order valence-electron chi connectivity index (χ2n) is 2.92. The molecule has 0 unspecified atom stereocenters. The average molecular weight is 226 g/mol. The molecule has 0 saturated heterocycles. The quantitative estimate of drug-likeness (QED) is 0.812. The molecule has 0 bridgehead atoms. The molecular formula is C9H8ClN3S. The van der Waals surface area contributed by atoms with E-state index in [-0.39, 0.29) is 0 Å². The molecule has 72 valence electrons. The maximum atomic E-state index is 5.92. The third kappa shape index (κ3) is 1.71. The van der Waals surface area contributed by atoms with Crippen molar-refractivity contribution in [3.05, 3.63) is 28.8 Å². The van der Waals surface area contributed by atoms with Crippen LogP contribution in [0, 0.1) is 6.92 Å². The Hall–Kier alpha value is -1.13. The van der Waals surface area contributed by atoms with Crippen molar-refractivity contribution in [1.82, 2.24) is 9.36 Å². The lowest BCUT2D eigenvalue weighted by molar-refractivity contribution is 1.33. The first-order chi connectivity index (χ1) is 6.66. The second kappa shape index (κ2) is 3.55. The number of nitrogens with zero attached hydrogens (tertiary/aromatic N) is 2. The Bertz CT molecular complexity index is 467. The van der Waals surface area contributed by atoms with Crippen molar-refractivity contribution in [1.29, 1.82) is 0 Å². The Labute approximate surface area is 90.7 Å². The van der Waals surface area contributed by atoms with E-state index >= 15 is 0 Å². The van der Waals surface area contributed by atoms with Crippen LogP contribution in [0.3, 0.4) is 0 Å². The number of benzene rings is 1. The summed E-state index contributed by atoms with van der Waals surface area (Å²) in [6.07, 6.45) is 0. The largest absolute Gasteiger partial charge is 0.367 e. The fraction of sp³-hybridized carbons (Fsp3) is 0.111. The van der Waals surface area contributed by atoms with E-state index in [0.29, 0.717) is 5.95 Å². The molecule has 14 heavy (non-hydrogen) atoms. The zero-order chi connectivity index (χ0) is 10.1. The predicted octanol–water partition coefficient (Wildman–Crippen LogP) is 2.75. The lowest BCUT2D eigenvalue weighted by Crippen LogP contribution is -1.86. The van der Waals surface area contributed by atoms with E-state index in [1.165, 1.54) is 11.5 Å². The van der Waals surface area contributed by atoms with Crippen LogP contribution in [0.4, 0.5) is 5.95 Å². The first kappa shape index (κ1) is 9.43. The standard InChI is InChI=1S/C9H8ClN3S/c1-5-4-6(2-3-7(5)10)8-12-9(11)13-14-8/h2-4H,1H3,(H2,11,13). The third-order valence-electron chi connectivity index (χ3n) is 1.85. The minimum atomic E-state index is 0.317. The molecule has 1 heterocycles.